The molecule has 4 heterocycles. The van der Waals surface area contributed by atoms with Crippen LogP contribution in [0.1, 0.15) is 22.9 Å². The smallest absolute Gasteiger partial charge is 0.269 e. The molecular formula is C26H27N5O5. The van der Waals surface area contributed by atoms with Crippen molar-refractivity contribution in [2.75, 3.05) is 45.9 Å². The number of nitro benzene ring substituents is 1. The van der Waals surface area contributed by atoms with Crippen LogP contribution in [0.4, 0.5) is 5.69 Å². The predicted octanol–water partition coefficient (Wildman–Crippen LogP) is 2.09. The molecule has 0 aliphatic carbocycles. The number of aromatic amines is 1. The third-order valence-electron chi connectivity index (χ3n) is 7.53. The highest BCUT2D eigenvalue weighted by Gasteiger charge is 2.48. The summed E-state index contributed by atoms with van der Waals surface area (Å²) in [5, 5.41) is 12.5. The van der Waals surface area contributed by atoms with Crippen molar-refractivity contribution < 1.29 is 19.2 Å². The number of fused-ring (bicyclic) bond motifs is 4. The van der Waals surface area contributed by atoms with E-state index in [0.717, 1.165) is 35.2 Å². The predicted molar refractivity (Wildman–Crippen MR) is 131 cm³/mol. The fourth-order valence-electron chi connectivity index (χ4n) is 5.75. The van der Waals surface area contributed by atoms with Crippen LogP contribution in [-0.4, -0.2) is 88.4 Å². The van der Waals surface area contributed by atoms with Crippen LogP contribution >= 0.6 is 0 Å². The molecule has 0 saturated carbocycles. The second-order valence-electron chi connectivity index (χ2n) is 9.55. The summed E-state index contributed by atoms with van der Waals surface area (Å²) in [7, 11) is 0. The van der Waals surface area contributed by atoms with Gasteiger partial charge in [-0.3, -0.25) is 24.6 Å². The fraction of sp³-hybridized carbons (Fsp3) is 0.385. The Morgan fingerprint density at radius 3 is 2.67 bits per heavy atom. The third-order valence-corrected chi connectivity index (χ3v) is 7.53. The number of hydrogen-bond acceptors (Lipinski definition) is 6. The number of nitrogens with zero attached hydrogens (tertiary/aromatic N) is 4. The standard InChI is InChI=1S/C26H27N5O5/c32-23-16-29(9-8-28-10-12-36-13-11-28)26(33)22-15-20-19-6-1-2-7-21(19)27-24(20)25(30(22)23)17-4-3-5-18(14-17)31(34)35/h1-7,14,22,25,27H,8-13,15-16H2/t22-,25+/m1/s1. The molecule has 1 aromatic heterocycles. The molecule has 10 heteroatoms. The van der Waals surface area contributed by atoms with E-state index in [2.05, 4.69) is 9.88 Å². The molecule has 2 atom stereocenters. The van der Waals surface area contributed by atoms with Crippen molar-refractivity contribution in [3.8, 4) is 0 Å². The zero-order valence-corrected chi connectivity index (χ0v) is 19.8. The summed E-state index contributed by atoms with van der Waals surface area (Å²) in [6.45, 7) is 4.17. The molecule has 3 aromatic rings. The van der Waals surface area contributed by atoms with Gasteiger partial charge in [0.1, 0.15) is 6.04 Å². The molecule has 10 nitrogen and oxygen atoms in total. The molecule has 2 amide bonds. The average Bonchev–Trinajstić information content (AvgIpc) is 3.28. The Bertz CT molecular complexity index is 1350. The fourth-order valence-corrected chi connectivity index (χ4v) is 5.75. The van der Waals surface area contributed by atoms with E-state index in [1.54, 1.807) is 21.9 Å². The van der Waals surface area contributed by atoms with Crippen molar-refractivity contribution >= 4 is 28.4 Å². The number of rotatable bonds is 5. The van der Waals surface area contributed by atoms with E-state index in [9.17, 15) is 19.7 Å². The van der Waals surface area contributed by atoms with Crippen molar-refractivity contribution in [2.24, 2.45) is 0 Å². The highest BCUT2D eigenvalue weighted by atomic mass is 16.6. The van der Waals surface area contributed by atoms with Gasteiger partial charge < -0.3 is 19.5 Å². The molecule has 36 heavy (non-hydrogen) atoms. The maximum absolute atomic E-state index is 13.8. The van der Waals surface area contributed by atoms with Crippen LogP contribution < -0.4 is 0 Å². The largest absolute Gasteiger partial charge is 0.379 e. The number of nitro groups is 1. The van der Waals surface area contributed by atoms with Gasteiger partial charge in [-0.25, -0.2) is 0 Å². The number of nitrogens with one attached hydrogen (secondary N) is 1. The Morgan fingerprint density at radius 1 is 1.06 bits per heavy atom. The third kappa shape index (κ3) is 3.82. The van der Waals surface area contributed by atoms with Crippen molar-refractivity contribution in [3.05, 3.63) is 75.5 Å². The van der Waals surface area contributed by atoms with Gasteiger partial charge in [0.15, 0.2) is 0 Å². The number of aromatic nitrogens is 1. The minimum absolute atomic E-state index is 0.000657. The lowest BCUT2D eigenvalue weighted by atomic mass is 9.86. The minimum atomic E-state index is -0.660. The number of ether oxygens (including phenoxy) is 1. The summed E-state index contributed by atoms with van der Waals surface area (Å²) in [6.07, 6.45) is 0.406. The molecule has 3 aliphatic heterocycles. The van der Waals surface area contributed by atoms with E-state index < -0.39 is 17.0 Å². The number of piperazine rings is 1. The molecule has 0 bridgehead atoms. The molecule has 3 aliphatic rings. The van der Waals surface area contributed by atoms with Crippen LogP contribution in [0.3, 0.4) is 0 Å². The molecule has 0 spiro atoms. The van der Waals surface area contributed by atoms with Crippen LogP contribution in [0.5, 0.6) is 0 Å². The SMILES string of the molecule is O=C1[C@H]2Cc3c([nH]c4ccccc34)[C@H](c3cccc([N+](=O)[O-])c3)N2C(=O)CN1CCN1CCOCC1. The van der Waals surface area contributed by atoms with Gasteiger partial charge in [-0.2, -0.15) is 0 Å². The highest BCUT2D eigenvalue weighted by molar-refractivity contribution is 5.97. The van der Waals surface area contributed by atoms with Crippen LogP contribution in [-0.2, 0) is 20.7 Å². The first-order valence-corrected chi connectivity index (χ1v) is 12.2. The lowest BCUT2D eigenvalue weighted by Crippen LogP contribution is -2.63. The Hall–Kier alpha value is -3.76. The lowest BCUT2D eigenvalue weighted by molar-refractivity contribution is -0.384. The molecule has 0 unspecified atom stereocenters. The van der Waals surface area contributed by atoms with Gasteiger partial charge in [0.05, 0.1) is 30.7 Å². The first-order valence-electron chi connectivity index (χ1n) is 12.2. The minimum Gasteiger partial charge on any atom is -0.379 e. The van der Waals surface area contributed by atoms with Crippen molar-refractivity contribution in [2.45, 2.75) is 18.5 Å². The molecular weight excluding hydrogens is 462 g/mol. The number of benzene rings is 2. The monoisotopic (exact) mass is 489 g/mol. The summed E-state index contributed by atoms with van der Waals surface area (Å²) in [6, 6.07) is 13.0. The zero-order valence-electron chi connectivity index (χ0n) is 19.8. The van der Waals surface area contributed by atoms with Crippen LogP contribution in [0.25, 0.3) is 10.9 Å². The number of para-hydroxylation sites is 1. The molecule has 186 valence electrons. The maximum atomic E-state index is 13.8. The normalized spacial score (nSPS) is 22.6. The van der Waals surface area contributed by atoms with Gasteiger partial charge in [-0.05, 0) is 17.2 Å². The van der Waals surface area contributed by atoms with E-state index in [-0.39, 0.29) is 24.0 Å². The number of amides is 2. The molecule has 2 fully saturated rings. The van der Waals surface area contributed by atoms with Crippen molar-refractivity contribution in [1.29, 1.82) is 0 Å². The topological polar surface area (TPSA) is 112 Å². The number of carbonyl (C=O) groups excluding carboxylic acids is 2. The van der Waals surface area contributed by atoms with Gasteiger partial charge in [-0.1, -0.05) is 30.3 Å². The zero-order chi connectivity index (χ0) is 24.8. The van der Waals surface area contributed by atoms with Crippen molar-refractivity contribution in [3.63, 3.8) is 0 Å². The van der Waals surface area contributed by atoms with Gasteiger partial charge >= 0.3 is 0 Å². The summed E-state index contributed by atoms with van der Waals surface area (Å²) in [4.78, 5) is 47.5. The number of morpholine rings is 1. The Labute approximate surface area is 207 Å². The Morgan fingerprint density at radius 2 is 1.86 bits per heavy atom. The molecule has 2 aromatic carbocycles. The number of carbonyl (C=O) groups is 2. The van der Waals surface area contributed by atoms with Gasteiger partial charge in [-0.15, -0.1) is 0 Å². The molecule has 2 saturated heterocycles. The van der Waals surface area contributed by atoms with E-state index in [4.69, 9.17) is 4.74 Å². The Kier molecular flexibility index (Phi) is 5.69. The summed E-state index contributed by atoms with van der Waals surface area (Å²) >= 11 is 0. The summed E-state index contributed by atoms with van der Waals surface area (Å²) < 4.78 is 5.41. The molecule has 1 N–H and O–H groups in total. The first kappa shape index (κ1) is 22.7. The lowest BCUT2D eigenvalue weighted by Gasteiger charge is -2.47. The quantitative estimate of drug-likeness (QED) is 0.434. The maximum Gasteiger partial charge on any atom is 0.269 e. The van der Waals surface area contributed by atoms with E-state index in [1.807, 2.05) is 24.3 Å². The summed E-state index contributed by atoms with van der Waals surface area (Å²) in [5.74, 6) is -0.225. The molecule has 0 radical (unpaired) electrons. The van der Waals surface area contributed by atoms with Crippen molar-refractivity contribution in [1.82, 2.24) is 19.7 Å². The van der Waals surface area contributed by atoms with Crippen LogP contribution in [0.2, 0.25) is 0 Å². The van der Waals surface area contributed by atoms with Crippen LogP contribution in [0.15, 0.2) is 48.5 Å². The number of non-ortho nitro benzene ring substituents is 1. The van der Waals surface area contributed by atoms with Crippen LogP contribution in [0, 0.1) is 10.1 Å². The average molecular weight is 490 g/mol. The van der Waals surface area contributed by atoms with E-state index in [0.29, 0.717) is 38.3 Å². The highest BCUT2D eigenvalue weighted by Crippen LogP contribution is 2.43. The Balaban J connectivity index is 1.39. The van der Waals surface area contributed by atoms with Gasteiger partial charge in [0, 0.05) is 61.3 Å². The molecule has 6 rings (SSSR count). The number of hydrogen-bond donors (Lipinski definition) is 1. The van der Waals surface area contributed by atoms with E-state index in [1.165, 1.54) is 12.1 Å². The van der Waals surface area contributed by atoms with Gasteiger partial charge in [0.2, 0.25) is 11.8 Å². The second kappa shape index (κ2) is 9.03. The number of H-pyrrole nitrogens is 1. The van der Waals surface area contributed by atoms with E-state index >= 15 is 0 Å². The summed E-state index contributed by atoms with van der Waals surface area (Å²) in [5.41, 5.74) is 3.29. The van der Waals surface area contributed by atoms with Gasteiger partial charge in [0.25, 0.3) is 5.69 Å². The first-order chi connectivity index (χ1) is 17.5. The second-order valence-corrected chi connectivity index (χ2v) is 9.55.